The molecular weight excluding hydrogens is 465 g/mol. The van der Waals surface area contributed by atoms with Gasteiger partial charge in [-0.2, -0.15) is 21.6 Å². The van der Waals surface area contributed by atoms with Crippen LogP contribution >= 0.6 is 34.5 Å². The Kier molecular flexibility index (Phi) is 5.54. The number of hydrogen-bond acceptors (Lipinski definition) is 4. The van der Waals surface area contributed by atoms with Crippen LogP contribution in [0.3, 0.4) is 0 Å². The molecule has 0 saturated carbocycles. The summed E-state index contributed by atoms with van der Waals surface area (Å²) in [7, 11) is -4.49. The SMILES string of the molecule is O=S(=O)(/N=c1\sc(C(F)(F)F)nn1-c1ccc(Cl)cc1)c1ccc(F)c(Cl)c1. The second kappa shape index (κ2) is 7.47. The Morgan fingerprint density at radius 1 is 1.07 bits per heavy atom. The average molecular weight is 472 g/mol. The molecule has 28 heavy (non-hydrogen) atoms. The van der Waals surface area contributed by atoms with E-state index in [1.54, 1.807) is 0 Å². The number of hydrogen-bond donors (Lipinski definition) is 0. The minimum atomic E-state index is -4.81. The van der Waals surface area contributed by atoms with E-state index in [-0.39, 0.29) is 17.0 Å². The second-order valence-electron chi connectivity index (χ2n) is 5.22. The summed E-state index contributed by atoms with van der Waals surface area (Å²) in [6.45, 7) is 0. The molecule has 0 amide bonds. The van der Waals surface area contributed by atoms with Crippen LogP contribution in [0.15, 0.2) is 51.8 Å². The van der Waals surface area contributed by atoms with Crippen molar-refractivity contribution in [1.29, 1.82) is 0 Å². The number of benzene rings is 2. The molecule has 1 heterocycles. The van der Waals surface area contributed by atoms with E-state index >= 15 is 0 Å². The van der Waals surface area contributed by atoms with Crippen molar-refractivity contribution in [2.24, 2.45) is 4.40 Å². The van der Waals surface area contributed by atoms with E-state index in [4.69, 9.17) is 23.2 Å². The third-order valence-corrected chi connectivity index (χ3v) is 6.13. The summed E-state index contributed by atoms with van der Waals surface area (Å²) >= 11 is 11.4. The second-order valence-corrected chi connectivity index (χ2v) is 8.62. The highest BCUT2D eigenvalue weighted by atomic mass is 35.5. The Hall–Kier alpha value is -1.95. The van der Waals surface area contributed by atoms with Crippen molar-refractivity contribution in [3.8, 4) is 5.69 Å². The van der Waals surface area contributed by atoms with Crippen molar-refractivity contribution in [3.63, 3.8) is 0 Å². The van der Waals surface area contributed by atoms with E-state index < -0.39 is 41.7 Å². The number of alkyl halides is 3. The van der Waals surface area contributed by atoms with Gasteiger partial charge in [-0.15, -0.1) is 9.50 Å². The number of nitrogens with zero attached hydrogens (tertiary/aromatic N) is 3. The van der Waals surface area contributed by atoms with E-state index in [0.717, 1.165) is 22.9 Å². The van der Waals surface area contributed by atoms with Crippen molar-refractivity contribution >= 4 is 44.6 Å². The lowest BCUT2D eigenvalue weighted by atomic mass is 10.3. The Morgan fingerprint density at radius 3 is 2.29 bits per heavy atom. The van der Waals surface area contributed by atoms with E-state index in [2.05, 4.69) is 9.50 Å². The third kappa shape index (κ3) is 4.37. The standard InChI is InChI=1S/C15H7Cl2F4N3O2S2/c16-8-1-3-9(4-2-8)24-14(27-13(22-24)15(19,20)21)23-28(25,26)10-5-6-12(18)11(17)7-10/h1-7H/b23-14-. The summed E-state index contributed by atoms with van der Waals surface area (Å²) in [6, 6.07) is 8.02. The Balaban J connectivity index is 2.22. The highest BCUT2D eigenvalue weighted by Crippen LogP contribution is 2.30. The first-order valence-corrected chi connectivity index (χ1v) is 10.2. The quantitative estimate of drug-likeness (QED) is 0.520. The Bertz CT molecular complexity index is 1200. The predicted molar refractivity (Wildman–Crippen MR) is 95.6 cm³/mol. The summed E-state index contributed by atoms with van der Waals surface area (Å²) in [6.07, 6.45) is -4.81. The van der Waals surface area contributed by atoms with Gasteiger partial charge in [-0.05, 0) is 42.5 Å². The van der Waals surface area contributed by atoms with Gasteiger partial charge in [0.25, 0.3) is 10.0 Å². The molecule has 3 rings (SSSR count). The molecule has 0 bridgehead atoms. The zero-order valence-corrected chi connectivity index (χ0v) is 16.4. The fraction of sp³-hybridized carbons (Fsp3) is 0.0667. The predicted octanol–water partition coefficient (Wildman–Crippen LogP) is 4.69. The molecule has 5 nitrogen and oxygen atoms in total. The van der Waals surface area contributed by atoms with E-state index in [1.807, 2.05) is 0 Å². The molecule has 0 fully saturated rings. The van der Waals surface area contributed by atoms with Gasteiger partial charge in [-0.3, -0.25) is 0 Å². The van der Waals surface area contributed by atoms with Crippen molar-refractivity contribution in [2.75, 3.05) is 0 Å². The summed E-state index contributed by atoms with van der Waals surface area (Å²) < 4.78 is 81.6. The summed E-state index contributed by atoms with van der Waals surface area (Å²) in [5.74, 6) is -0.853. The Morgan fingerprint density at radius 2 is 1.71 bits per heavy atom. The van der Waals surface area contributed by atoms with Crippen LogP contribution in [0, 0.1) is 5.82 Å². The van der Waals surface area contributed by atoms with Crippen LogP contribution in [-0.4, -0.2) is 18.2 Å². The van der Waals surface area contributed by atoms with Gasteiger partial charge in [0.05, 0.1) is 15.6 Å². The molecule has 0 atom stereocenters. The highest BCUT2D eigenvalue weighted by Gasteiger charge is 2.36. The monoisotopic (exact) mass is 471 g/mol. The van der Waals surface area contributed by atoms with Crippen LogP contribution in [0.1, 0.15) is 5.01 Å². The maximum atomic E-state index is 13.3. The zero-order chi connectivity index (χ0) is 20.7. The first-order valence-electron chi connectivity index (χ1n) is 7.17. The van der Waals surface area contributed by atoms with Gasteiger partial charge < -0.3 is 0 Å². The normalized spacial score (nSPS) is 13.1. The molecule has 1 aromatic heterocycles. The first kappa shape index (κ1) is 20.8. The van der Waals surface area contributed by atoms with Crippen LogP contribution in [0.4, 0.5) is 17.6 Å². The van der Waals surface area contributed by atoms with Crippen molar-refractivity contribution in [2.45, 2.75) is 11.1 Å². The molecule has 0 aliphatic rings. The van der Waals surface area contributed by atoms with Gasteiger partial charge in [-0.1, -0.05) is 34.5 Å². The summed E-state index contributed by atoms with van der Waals surface area (Å²) in [5.41, 5.74) is 0.113. The average Bonchev–Trinajstić information content (AvgIpc) is 3.01. The molecule has 0 radical (unpaired) electrons. The van der Waals surface area contributed by atoms with Crippen LogP contribution in [0.25, 0.3) is 5.69 Å². The van der Waals surface area contributed by atoms with E-state index in [0.29, 0.717) is 5.02 Å². The highest BCUT2D eigenvalue weighted by molar-refractivity contribution is 7.90. The van der Waals surface area contributed by atoms with Gasteiger partial charge >= 0.3 is 6.18 Å². The van der Waals surface area contributed by atoms with Crippen LogP contribution in [0.5, 0.6) is 0 Å². The fourth-order valence-electron chi connectivity index (χ4n) is 2.00. The summed E-state index contributed by atoms with van der Waals surface area (Å²) in [5, 5.41) is 1.97. The molecule has 0 N–H and O–H groups in total. The molecule has 148 valence electrons. The van der Waals surface area contributed by atoms with Crippen LogP contribution in [0.2, 0.25) is 10.0 Å². The molecule has 2 aromatic carbocycles. The number of sulfonamides is 1. The van der Waals surface area contributed by atoms with Gasteiger partial charge in [0, 0.05) is 5.02 Å². The molecule has 13 heteroatoms. The fourth-order valence-corrected chi connectivity index (χ4v) is 4.35. The smallest absolute Gasteiger partial charge is 0.205 e. The topological polar surface area (TPSA) is 64.3 Å². The minimum Gasteiger partial charge on any atom is -0.205 e. The summed E-state index contributed by atoms with van der Waals surface area (Å²) in [4.78, 5) is -1.04. The van der Waals surface area contributed by atoms with Gasteiger partial charge in [0.15, 0.2) is 0 Å². The van der Waals surface area contributed by atoms with Crippen LogP contribution < -0.4 is 4.80 Å². The molecule has 0 aliphatic carbocycles. The maximum Gasteiger partial charge on any atom is 0.445 e. The molecule has 3 aromatic rings. The van der Waals surface area contributed by atoms with E-state index in [9.17, 15) is 26.0 Å². The largest absolute Gasteiger partial charge is 0.445 e. The zero-order valence-electron chi connectivity index (χ0n) is 13.3. The van der Waals surface area contributed by atoms with Gasteiger partial charge in [-0.25, -0.2) is 9.07 Å². The molecular formula is C15H7Cl2F4N3O2S2. The maximum absolute atomic E-state index is 13.3. The minimum absolute atomic E-state index is 0.0353. The molecule has 0 unspecified atom stereocenters. The van der Waals surface area contributed by atoms with Crippen LogP contribution in [-0.2, 0) is 16.2 Å². The third-order valence-electron chi connectivity index (χ3n) is 3.26. The van der Waals surface area contributed by atoms with Crippen molar-refractivity contribution in [3.05, 3.63) is 68.1 Å². The molecule has 0 aliphatic heterocycles. The first-order chi connectivity index (χ1) is 13.0. The Labute approximate surface area is 169 Å². The van der Waals surface area contributed by atoms with Gasteiger partial charge in [0.1, 0.15) is 5.82 Å². The lowest BCUT2D eigenvalue weighted by Gasteiger charge is -2.03. The lowest BCUT2D eigenvalue weighted by Crippen LogP contribution is -2.17. The van der Waals surface area contributed by atoms with E-state index in [1.165, 1.54) is 24.3 Å². The lowest BCUT2D eigenvalue weighted by molar-refractivity contribution is -0.138. The number of rotatable bonds is 3. The number of aromatic nitrogens is 2. The molecule has 0 spiro atoms. The number of halogens is 6. The van der Waals surface area contributed by atoms with Crippen molar-refractivity contribution in [1.82, 2.24) is 9.78 Å². The van der Waals surface area contributed by atoms with Gasteiger partial charge in [0.2, 0.25) is 9.81 Å². The molecule has 0 saturated heterocycles. The van der Waals surface area contributed by atoms with Crippen molar-refractivity contribution < 1.29 is 26.0 Å².